The molecule has 1 aromatic heterocycles. The van der Waals surface area contributed by atoms with E-state index < -0.39 is 6.67 Å². The monoisotopic (exact) mass is 408 g/mol. The molecule has 0 atom stereocenters. The van der Waals surface area contributed by atoms with Crippen molar-refractivity contribution in [3.8, 4) is 34.7 Å². The minimum absolute atomic E-state index is 0.00290. The Balaban J connectivity index is 0.000000589. The molecule has 0 spiro atoms. The summed E-state index contributed by atoms with van der Waals surface area (Å²) in [6.45, 7) is 3.61. The van der Waals surface area contributed by atoms with E-state index in [1.54, 1.807) is 12.1 Å². The van der Waals surface area contributed by atoms with E-state index in [9.17, 15) is 9.65 Å². The number of rotatable bonds is 5. The Morgan fingerprint density at radius 3 is 2.77 bits per heavy atom. The van der Waals surface area contributed by atoms with Crippen LogP contribution < -0.4 is 10.5 Å². The van der Waals surface area contributed by atoms with Gasteiger partial charge >= 0.3 is 0 Å². The fourth-order valence-corrected chi connectivity index (χ4v) is 3.39. The van der Waals surface area contributed by atoms with Crippen LogP contribution in [0.2, 0.25) is 0 Å². The number of aryl methyl sites for hydroxylation is 1. The Hall–Kier alpha value is -3.24. The van der Waals surface area contributed by atoms with Crippen LogP contribution in [0, 0.1) is 11.3 Å². The predicted molar refractivity (Wildman–Crippen MR) is 113 cm³/mol. The van der Waals surface area contributed by atoms with Gasteiger partial charge in [0.1, 0.15) is 18.5 Å². The average Bonchev–Trinajstić information content (AvgIpc) is 3.43. The molecule has 1 heterocycles. The summed E-state index contributed by atoms with van der Waals surface area (Å²) in [5.41, 5.74) is 9.55. The van der Waals surface area contributed by atoms with Gasteiger partial charge in [0.25, 0.3) is 5.89 Å². The van der Waals surface area contributed by atoms with Crippen molar-refractivity contribution in [1.29, 1.82) is 5.26 Å². The van der Waals surface area contributed by atoms with Crippen molar-refractivity contribution < 1.29 is 13.7 Å². The van der Waals surface area contributed by atoms with Crippen LogP contribution in [0.1, 0.15) is 37.0 Å². The van der Waals surface area contributed by atoms with Gasteiger partial charge in [-0.05, 0) is 62.4 Å². The van der Waals surface area contributed by atoms with Crippen molar-refractivity contribution >= 4 is 0 Å². The fraction of sp³-hybridized carbons (Fsp3) is 0.348. The minimum Gasteiger partial charge on any atom is -0.490 e. The van der Waals surface area contributed by atoms with Crippen LogP contribution in [0.5, 0.6) is 5.75 Å². The number of ether oxygens (including phenoxy) is 1. The van der Waals surface area contributed by atoms with E-state index in [0.717, 1.165) is 18.4 Å². The largest absolute Gasteiger partial charge is 0.490 e. The molecule has 156 valence electrons. The van der Waals surface area contributed by atoms with Crippen LogP contribution >= 0.6 is 0 Å². The van der Waals surface area contributed by atoms with Crippen molar-refractivity contribution in [2.45, 2.75) is 39.2 Å². The van der Waals surface area contributed by atoms with Gasteiger partial charge in [-0.2, -0.15) is 10.2 Å². The van der Waals surface area contributed by atoms with Crippen molar-refractivity contribution in [3.63, 3.8) is 0 Å². The second kappa shape index (κ2) is 9.99. The molecule has 30 heavy (non-hydrogen) atoms. The van der Waals surface area contributed by atoms with Crippen LogP contribution in [-0.4, -0.2) is 29.5 Å². The molecular weight excluding hydrogens is 383 g/mol. The number of fused-ring (bicyclic) bond motifs is 1. The second-order valence-electron chi connectivity index (χ2n) is 7.19. The normalized spacial score (nSPS) is 12.1. The van der Waals surface area contributed by atoms with E-state index in [4.69, 9.17) is 9.26 Å². The summed E-state index contributed by atoms with van der Waals surface area (Å²) in [4.78, 5) is 4.57. The Morgan fingerprint density at radius 1 is 1.27 bits per heavy atom. The van der Waals surface area contributed by atoms with E-state index in [1.807, 2.05) is 32.0 Å². The zero-order valence-electron chi connectivity index (χ0n) is 17.2. The molecule has 0 radical (unpaired) electrons. The first-order valence-electron chi connectivity index (χ1n) is 9.99. The molecule has 0 saturated heterocycles. The van der Waals surface area contributed by atoms with E-state index in [-0.39, 0.29) is 12.6 Å². The molecule has 0 amide bonds. The number of aromatic nitrogens is 2. The van der Waals surface area contributed by atoms with Crippen LogP contribution in [0.3, 0.4) is 0 Å². The molecule has 2 N–H and O–H groups in total. The molecule has 3 aromatic rings. The Labute approximate surface area is 175 Å². The van der Waals surface area contributed by atoms with Gasteiger partial charge in [-0.25, -0.2) is 4.39 Å². The Bertz CT molecular complexity index is 1040. The van der Waals surface area contributed by atoms with Crippen molar-refractivity contribution in [2.24, 2.45) is 5.73 Å². The molecule has 0 bridgehead atoms. The summed E-state index contributed by atoms with van der Waals surface area (Å²) in [5, 5.41) is 13.6. The molecule has 4 rings (SSSR count). The molecule has 7 heteroatoms. The molecule has 0 unspecified atom stereocenters. The van der Waals surface area contributed by atoms with Gasteiger partial charge in [-0.15, -0.1) is 0 Å². The number of benzene rings is 2. The van der Waals surface area contributed by atoms with Crippen LogP contribution in [-0.2, 0) is 12.8 Å². The predicted octanol–water partition coefficient (Wildman–Crippen LogP) is 4.47. The standard InChI is InChI=1S/C21H19N3O2.C2H6FN/c1-13(2)25-19-10-9-15(11-16(19)12-22)21-23-20(24-26-21)18-8-4-6-14-5-3-7-17(14)18;3-1-2-4/h4,6,8-11,13H,3,5,7H2,1-2H3;1-2,4H2. The lowest BCUT2D eigenvalue weighted by atomic mass is 10.0. The third kappa shape index (κ3) is 4.84. The smallest absolute Gasteiger partial charge is 0.258 e. The molecule has 2 aromatic carbocycles. The molecule has 0 fully saturated rings. The summed E-state index contributed by atoms with van der Waals surface area (Å²) >= 11 is 0. The van der Waals surface area contributed by atoms with Crippen LogP contribution in [0.25, 0.3) is 22.8 Å². The fourth-order valence-electron chi connectivity index (χ4n) is 3.39. The highest BCUT2D eigenvalue weighted by atomic mass is 19.1. The minimum atomic E-state index is -0.403. The Morgan fingerprint density at radius 2 is 2.07 bits per heavy atom. The second-order valence-corrected chi connectivity index (χ2v) is 7.19. The molecule has 1 aliphatic carbocycles. The van der Waals surface area contributed by atoms with Gasteiger partial charge in [-0.1, -0.05) is 23.4 Å². The van der Waals surface area contributed by atoms with E-state index >= 15 is 0 Å². The van der Waals surface area contributed by atoms with Gasteiger partial charge in [0.15, 0.2) is 0 Å². The van der Waals surface area contributed by atoms with Crippen LogP contribution in [0.4, 0.5) is 4.39 Å². The lowest BCUT2D eigenvalue weighted by Crippen LogP contribution is -2.06. The number of nitrogens with two attached hydrogens (primary N) is 1. The number of nitrogens with zero attached hydrogens (tertiary/aromatic N) is 3. The maximum Gasteiger partial charge on any atom is 0.258 e. The lowest BCUT2D eigenvalue weighted by molar-refractivity contribution is 0.241. The average molecular weight is 408 g/mol. The SMILES string of the molecule is CC(C)Oc1ccc(-c2nc(-c3cccc4c3CCC4)no2)cc1C#N.NCCF. The Kier molecular flexibility index (Phi) is 7.15. The molecule has 6 nitrogen and oxygen atoms in total. The first-order valence-corrected chi connectivity index (χ1v) is 9.99. The quantitative estimate of drug-likeness (QED) is 0.669. The summed E-state index contributed by atoms with van der Waals surface area (Å²) in [6, 6.07) is 13.8. The molecule has 0 saturated carbocycles. The number of hydrogen-bond acceptors (Lipinski definition) is 6. The van der Waals surface area contributed by atoms with E-state index in [2.05, 4.69) is 28.0 Å². The highest BCUT2D eigenvalue weighted by molar-refractivity contribution is 5.66. The molecular formula is C23H25FN4O2. The first-order chi connectivity index (χ1) is 14.6. The van der Waals surface area contributed by atoms with Gasteiger partial charge in [0, 0.05) is 17.7 Å². The van der Waals surface area contributed by atoms with Gasteiger partial charge in [-0.3, -0.25) is 0 Å². The number of nitriles is 1. The summed E-state index contributed by atoms with van der Waals surface area (Å²) in [6.07, 6.45) is 3.33. The zero-order chi connectivity index (χ0) is 21.5. The van der Waals surface area contributed by atoms with Crippen LogP contribution in [0.15, 0.2) is 40.9 Å². The van der Waals surface area contributed by atoms with Crippen molar-refractivity contribution in [1.82, 2.24) is 10.1 Å². The third-order valence-corrected chi connectivity index (χ3v) is 4.63. The van der Waals surface area contributed by atoms with Crippen molar-refractivity contribution in [3.05, 3.63) is 53.1 Å². The lowest BCUT2D eigenvalue weighted by Gasteiger charge is -2.11. The molecule has 1 aliphatic rings. The number of hydrogen-bond donors (Lipinski definition) is 1. The highest BCUT2D eigenvalue weighted by Crippen LogP contribution is 2.32. The number of halogens is 1. The number of alkyl halides is 1. The highest BCUT2D eigenvalue weighted by Gasteiger charge is 2.19. The topological polar surface area (TPSA) is 98.0 Å². The first kappa shape index (κ1) is 21.5. The summed E-state index contributed by atoms with van der Waals surface area (Å²) < 4.78 is 21.7. The van der Waals surface area contributed by atoms with E-state index in [0.29, 0.717) is 28.6 Å². The maximum absolute atomic E-state index is 10.6. The summed E-state index contributed by atoms with van der Waals surface area (Å²) in [5.74, 6) is 1.56. The maximum atomic E-state index is 10.6. The molecule has 0 aliphatic heterocycles. The van der Waals surface area contributed by atoms with Gasteiger partial charge in [0.05, 0.1) is 11.7 Å². The summed E-state index contributed by atoms with van der Waals surface area (Å²) in [7, 11) is 0. The van der Waals surface area contributed by atoms with Crippen molar-refractivity contribution in [2.75, 3.05) is 13.2 Å². The van der Waals surface area contributed by atoms with E-state index in [1.165, 1.54) is 17.5 Å². The van der Waals surface area contributed by atoms with Gasteiger partial charge < -0.3 is 15.0 Å². The third-order valence-electron chi connectivity index (χ3n) is 4.63. The van der Waals surface area contributed by atoms with Gasteiger partial charge in [0.2, 0.25) is 5.82 Å². The zero-order valence-corrected chi connectivity index (χ0v) is 17.2.